The van der Waals surface area contributed by atoms with E-state index in [1.54, 1.807) is 7.05 Å². The SMILES string of the molecule is CN=C(NCCCC(=O)NC1CC1)NCCCC1CCCCC1. The van der Waals surface area contributed by atoms with Crippen molar-refractivity contribution in [3.05, 3.63) is 0 Å². The fourth-order valence-electron chi connectivity index (χ4n) is 3.28. The molecule has 2 aliphatic rings. The number of nitrogens with zero attached hydrogens (tertiary/aromatic N) is 1. The molecule has 3 N–H and O–H groups in total. The van der Waals surface area contributed by atoms with Gasteiger partial charge in [0.15, 0.2) is 5.96 Å². The van der Waals surface area contributed by atoms with Gasteiger partial charge in [0.05, 0.1) is 0 Å². The molecule has 5 heteroatoms. The molecule has 2 fully saturated rings. The molecule has 1 amide bonds. The maximum atomic E-state index is 11.6. The van der Waals surface area contributed by atoms with E-state index in [1.165, 1.54) is 44.9 Å². The Bertz CT molecular complexity index is 373. The number of carbonyl (C=O) groups excluding carboxylic acids is 1. The Morgan fingerprint density at radius 2 is 1.70 bits per heavy atom. The first kappa shape index (κ1) is 18.1. The Hall–Kier alpha value is -1.26. The van der Waals surface area contributed by atoms with Crippen LogP contribution in [0.5, 0.6) is 0 Å². The summed E-state index contributed by atoms with van der Waals surface area (Å²) in [7, 11) is 1.80. The van der Waals surface area contributed by atoms with Crippen LogP contribution in [-0.4, -0.2) is 38.0 Å². The zero-order chi connectivity index (χ0) is 16.3. The van der Waals surface area contributed by atoms with Gasteiger partial charge in [0.1, 0.15) is 0 Å². The molecular weight excluding hydrogens is 288 g/mol. The fraction of sp³-hybridized carbons (Fsp3) is 0.889. The van der Waals surface area contributed by atoms with Gasteiger partial charge in [-0.25, -0.2) is 0 Å². The molecule has 0 bridgehead atoms. The van der Waals surface area contributed by atoms with Crippen LogP contribution < -0.4 is 16.0 Å². The van der Waals surface area contributed by atoms with Crippen LogP contribution in [-0.2, 0) is 4.79 Å². The van der Waals surface area contributed by atoms with Gasteiger partial charge >= 0.3 is 0 Å². The molecule has 132 valence electrons. The molecule has 0 aromatic rings. The lowest BCUT2D eigenvalue weighted by atomic mass is 9.86. The predicted octanol–water partition coefficient (Wildman–Crippen LogP) is 2.57. The summed E-state index contributed by atoms with van der Waals surface area (Å²) in [6, 6.07) is 0.467. The number of rotatable bonds is 9. The predicted molar refractivity (Wildman–Crippen MR) is 95.6 cm³/mol. The Morgan fingerprint density at radius 1 is 1.00 bits per heavy atom. The van der Waals surface area contributed by atoms with Gasteiger partial charge in [0, 0.05) is 32.6 Å². The smallest absolute Gasteiger partial charge is 0.220 e. The van der Waals surface area contributed by atoms with Crippen molar-refractivity contribution in [1.82, 2.24) is 16.0 Å². The van der Waals surface area contributed by atoms with Gasteiger partial charge in [-0.1, -0.05) is 32.1 Å². The first-order valence-corrected chi connectivity index (χ1v) is 9.52. The van der Waals surface area contributed by atoms with E-state index in [-0.39, 0.29) is 5.91 Å². The first-order valence-electron chi connectivity index (χ1n) is 9.52. The molecule has 5 nitrogen and oxygen atoms in total. The van der Waals surface area contributed by atoms with Gasteiger partial charge in [0.2, 0.25) is 5.91 Å². The fourth-order valence-corrected chi connectivity index (χ4v) is 3.28. The quantitative estimate of drug-likeness (QED) is 0.347. The molecule has 0 unspecified atom stereocenters. The van der Waals surface area contributed by atoms with Crippen LogP contribution in [0.4, 0.5) is 0 Å². The second-order valence-corrected chi connectivity index (χ2v) is 7.02. The minimum Gasteiger partial charge on any atom is -0.356 e. The maximum absolute atomic E-state index is 11.6. The standard InChI is InChI=1S/C18H34N4O/c1-19-18(20-13-5-9-15-7-3-2-4-8-15)21-14-6-10-17(23)22-16-11-12-16/h15-16H,2-14H2,1H3,(H,22,23)(H2,19,20,21). The molecule has 0 aliphatic heterocycles. The van der Waals surface area contributed by atoms with E-state index in [4.69, 9.17) is 0 Å². The number of guanidine groups is 1. The molecule has 2 aliphatic carbocycles. The highest BCUT2D eigenvalue weighted by atomic mass is 16.1. The summed E-state index contributed by atoms with van der Waals surface area (Å²) in [6.07, 6.45) is 13.5. The second kappa shape index (κ2) is 10.5. The molecule has 0 saturated heterocycles. The minimum absolute atomic E-state index is 0.185. The van der Waals surface area contributed by atoms with E-state index in [9.17, 15) is 4.79 Å². The van der Waals surface area contributed by atoms with Crippen LogP contribution in [0.2, 0.25) is 0 Å². The van der Waals surface area contributed by atoms with Gasteiger partial charge < -0.3 is 16.0 Å². The summed E-state index contributed by atoms with van der Waals surface area (Å²) in [4.78, 5) is 15.8. The molecule has 0 atom stereocenters. The third kappa shape index (κ3) is 8.24. The van der Waals surface area contributed by atoms with Crippen molar-refractivity contribution in [3.63, 3.8) is 0 Å². The zero-order valence-corrected chi connectivity index (χ0v) is 14.7. The van der Waals surface area contributed by atoms with Crippen LogP contribution in [0.1, 0.15) is 70.6 Å². The van der Waals surface area contributed by atoms with Crippen LogP contribution in [0.25, 0.3) is 0 Å². The summed E-state index contributed by atoms with van der Waals surface area (Å²) in [5.74, 6) is 1.99. The Balaban J connectivity index is 1.45. The number of hydrogen-bond acceptors (Lipinski definition) is 2. The van der Waals surface area contributed by atoms with E-state index in [0.717, 1.165) is 44.2 Å². The molecular formula is C18H34N4O. The first-order chi connectivity index (χ1) is 11.3. The molecule has 2 saturated carbocycles. The third-order valence-corrected chi connectivity index (χ3v) is 4.85. The lowest BCUT2D eigenvalue weighted by Gasteiger charge is -2.21. The third-order valence-electron chi connectivity index (χ3n) is 4.85. The van der Waals surface area contributed by atoms with Gasteiger partial charge in [-0.05, 0) is 38.0 Å². The second-order valence-electron chi connectivity index (χ2n) is 7.02. The number of amides is 1. The van der Waals surface area contributed by atoms with E-state index < -0.39 is 0 Å². The van der Waals surface area contributed by atoms with Gasteiger partial charge in [-0.3, -0.25) is 9.79 Å². The van der Waals surface area contributed by atoms with E-state index in [0.29, 0.717) is 12.5 Å². The Labute approximate surface area is 141 Å². The highest BCUT2D eigenvalue weighted by Gasteiger charge is 2.22. The van der Waals surface area contributed by atoms with Crippen molar-refractivity contribution in [2.45, 2.75) is 76.7 Å². The van der Waals surface area contributed by atoms with Crippen LogP contribution in [0.3, 0.4) is 0 Å². The largest absolute Gasteiger partial charge is 0.356 e. The number of carbonyl (C=O) groups is 1. The van der Waals surface area contributed by atoms with E-state index in [1.807, 2.05) is 0 Å². The van der Waals surface area contributed by atoms with Crippen LogP contribution >= 0.6 is 0 Å². The summed E-state index contributed by atoms with van der Waals surface area (Å²) in [5.41, 5.74) is 0. The Kier molecular flexibility index (Phi) is 8.26. The Morgan fingerprint density at radius 3 is 2.35 bits per heavy atom. The van der Waals surface area contributed by atoms with E-state index in [2.05, 4.69) is 20.9 Å². The molecule has 0 heterocycles. The number of aliphatic imine (C=N–C) groups is 1. The summed E-state index contributed by atoms with van der Waals surface area (Å²) >= 11 is 0. The van der Waals surface area contributed by atoms with Gasteiger partial charge in [0.25, 0.3) is 0 Å². The maximum Gasteiger partial charge on any atom is 0.220 e. The van der Waals surface area contributed by atoms with Gasteiger partial charge in [-0.15, -0.1) is 0 Å². The monoisotopic (exact) mass is 322 g/mol. The van der Waals surface area contributed by atoms with Crippen LogP contribution in [0, 0.1) is 5.92 Å². The van der Waals surface area contributed by atoms with Crippen molar-refractivity contribution in [3.8, 4) is 0 Å². The topological polar surface area (TPSA) is 65.5 Å². The molecule has 0 aromatic carbocycles. The lowest BCUT2D eigenvalue weighted by molar-refractivity contribution is -0.121. The summed E-state index contributed by atoms with van der Waals surface area (Å²) < 4.78 is 0. The lowest BCUT2D eigenvalue weighted by Crippen LogP contribution is -2.38. The zero-order valence-electron chi connectivity index (χ0n) is 14.7. The number of hydrogen-bond donors (Lipinski definition) is 3. The molecule has 2 rings (SSSR count). The molecule has 23 heavy (non-hydrogen) atoms. The highest BCUT2D eigenvalue weighted by molar-refractivity contribution is 5.79. The average Bonchev–Trinajstić information content (AvgIpc) is 3.38. The summed E-state index contributed by atoms with van der Waals surface area (Å²) in [6.45, 7) is 1.78. The van der Waals surface area contributed by atoms with Crippen molar-refractivity contribution in [2.24, 2.45) is 10.9 Å². The molecule has 0 radical (unpaired) electrons. The van der Waals surface area contributed by atoms with Crippen molar-refractivity contribution >= 4 is 11.9 Å². The average molecular weight is 322 g/mol. The number of nitrogens with one attached hydrogen (secondary N) is 3. The van der Waals surface area contributed by atoms with Crippen molar-refractivity contribution in [1.29, 1.82) is 0 Å². The van der Waals surface area contributed by atoms with Crippen molar-refractivity contribution in [2.75, 3.05) is 20.1 Å². The molecule has 0 spiro atoms. The van der Waals surface area contributed by atoms with Crippen molar-refractivity contribution < 1.29 is 4.79 Å². The van der Waals surface area contributed by atoms with E-state index >= 15 is 0 Å². The minimum atomic E-state index is 0.185. The summed E-state index contributed by atoms with van der Waals surface area (Å²) in [5, 5.41) is 9.69. The van der Waals surface area contributed by atoms with Gasteiger partial charge in [-0.2, -0.15) is 0 Å². The molecule has 0 aromatic heterocycles. The van der Waals surface area contributed by atoms with Crippen LogP contribution in [0.15, 0.2) is 4.99 Å². The highest BCUT2D eigenvalue weighted by Crippen LogP contribution is 2.26. The normalized spacial score (nSPS) is 19.4.